The maximum absolute atomic E-state index is 14.4. The molecule has 0 radical (unpaired) electrons. The van der Waals surface area contributed by atoms with Crippen molar-refractivity contribution in [2.24, 2.45) is 0 Å². The highest BCUT2D eigenvalue weighted by Crippen LogP contribution is 2.34. The Hall–Kier alpha value is -2.22. The number of rotatable bonds is 6. The average molecular weight is 434 g/mol. The molecule has 1 N–H and O–H groups in total. The number of halogens is 2. The first kappa shape index (κ1) is 20.1. The third kappa shape index (κ3) is 4.08. The number of nitrogens with zero attached hydrogens (tertiary/aromatic N) is 2. The summed E-state index contributed by atoms with van der Waals surface area (Å²) in [7, 11) is 0. The SMILES string of the molecule is Cc1onc(-c2c(F)cccc2Cl)c1C(=O)NC[C@@H](c1cccs1)N1CCCC1. The smallest absolute Gasteiger partial charge is 0.257 e. The van der Waals surface area contributed by atoms with Gasteiger partial charge < -0.3 is 9.84 Å². The zero-order chi connectivity index (χ0) is 20.4. The van der Waals surface area contributed by atoms with Crippen LogP contribution in [0, 0.1) is 12.7 Å². The molecular weight excluding hydrogens is 413 g/mol. The van der Waals surface area contributed by atoms with Gasteiger partial charge >= 0.3 is 0 Å². The molecule has 152 valence electrons. The third-order valence-electron chi connectivity index (χ3n) is 5.20. The summed E-state index contributed by atoms with van der Waals surface area (Å²) >= 11 is 7.86. The van der Waals surface area contributed by atoms with E-state index in [1.807, 2.05) is 11.4 Å². The largest absolute Gasteiger partial charge is 0.360 e. The number of likely N-dealkylation sites (tertiary alicyclic amines) is 1. The first-order valence-electron chi connectivity index (χ1n) is 9.52. The Balaban J connectivity index is 1.58. The molecule has 0 spiro atoms. The lowest BCUT2D eigenvalue weighted by molar-refractivity contribution is 0.0937. The Morgan fingerprint density at radius 1 is 1.34 bits per heavy atom. The number of benzene rings is 1. The van der Waals surface area contributed by atoms with Gasteiger partial charge in [-0.25, -0.2) is 4.39 Å². The molecule has 1 fully saturated rings. The van der Waals surface area contributed by atoms with Crippen LogP contribution < -0.4 is 5.32 Å². The summed E-state index contributed by atoms with van der Waals surface area (Å²) in [6.45, 7) is 4.12. The van der Waals surface area contributed by atoms with Gasteiger partial charge in [-0.3, -0.25) is 9.69 Å². The molecule has 1 aliphatic heterocycles. The summed E-state index contributed by atoms with van der Waals surface area (Å²) in [4.78, 5) is 16.6. The molecule has 4 rings (SSSR count). The van der Waals surface area contributed by atoms with Gasteiger partial charge in [0.1, 0.15) is 22.8 Å². The van der Waals surface area contributed by atoms with Crippen LogP contribution in [0.5, 0.6) is 0 Å². The lowest BCUT2D eigenvalue weighted by Crippen LogP contribution is -2.36. The second-order valence-electron chi connectivity index (χ2n) is 7.04. The molecule has 3 aromatic rings. The molecule has 3 heterocycles. The van der Waals surface area contributed by atoms with E-state index in [1.54, 1.807) is 24.3 Å². The Labute approximate surface area is 177 Å². The van der Waals surface area contributed by atoms with Gasteiger partial charge in [-0.15, -0.1) is 11.3 Å². The molecule has 1 aromatic carbocycles. The maximum Gasteiger partial charge on any atom is 0.257 e. The Kier molecular flexibility index (Phi) is 5.99. The monoisotopic (exact) mass is 433 g/mol. The van der Waals surface area contributed by atoms with Gasteiger partial charge in [0.2, 0.25) is 0 Å². The molecule has 0 aliphatic carbocycles. The first-order chi connectivity index (χ1) is 14.1. The number of thiophene rings is 1. The summed E-state index contributed by atoms with van der Waals surface area (Å²) in [5, 5.41) is 9.14. The van der Waals surface area contributed by atoms with Crippen molar-refractivity contribution in [3.63, 3.8) is 0 Å². The van der Waals surface area contributed by atoms with Crippen LogP contribution >= 0.6 is 22.9 Å². The van der Waals surface area contributed by atoms with E-state index in [9.17, 15) is 9.18 Å². The van der Waals surface area contributed by atoms with E-state index in [0.717, 1.165) is 25.9 Å². The predicted octanol–water partition coefficient (Wildman–Crippen LogP) is 5.07. The molecule has 0 bridgehead atoms. The minimum atomic E-state index is -0.548. The van der Waals surface area contributed by atoms with Crippen molar-refractivity contribution in [2.75, 3.05) is 19.6 Å². The number of hydrogen-bond acceptors (Lipinski definition) is 5. The van der Waals surface area contributed by atoms with E-state index >= 15 is 0 Å². The topological polar surface area (TPSA) is 58.4 Å². The van der Waals surface area contributed by atoms with E-state index in [0.29, 0.717) is 12.3 Å². The lowest BCUT2D eigenvalue weighted by Gasteiger charge is -2.26. The molecule has 1 saturated heterocycles. The predicted molar refractivity (Wildman–Crippen MR) is 112 cm³/mol. The first-order valence-corrected chi connectivity index (χ1v) is 10.8. The molecule has 5 nitrogen and oxygen atoms in total. The highest BCUT2D eigenvalue weighted by Gasteiger charge is 2.28. The van der Waals surface area contributed by atoms with Gasteiger partial charge in [0.15, 0.2) is 0 Å². The van der Waals surface area contributed by atoms with Gasteiger partial charge in [0.25, 0.3) is 5.91 Å². The molecule has 0 unspecified atom stereocenters. The van der Waals surface area contributed by atoms with Crippen molar-refractivity contribution in [2.45, 2.75) is 25.8 Å². The molecule has 29 heavy (non-hydrogen) atoms. The number of aromatic nitrogens is 1. The van der Waals surface area contributed by atoms with E-state index in [4.69, 9.17) is 16.1 Å². The van der Waals surface area contributed by atoms with Gasteiger partial charge in [-0.1, -0.05) is 28.9 Å². The Bertz CT molecular complexity index is 979. The lowest BCUT2D eigenvalue weighted by atomic mass is 10.0. The quantitative estimate of drug-likeness (QED) is 0.589. The minimum Gasteiger partial charge on any atom is -0.360 e. The highest BCUT2D eigenvalue weighted by atomic mass is 35.5. The molecule has 1 aliphatic rings. The Morgan fingerprint density at radius 2 is 2.14 bits per heavy atom. The normalized spacial score (nSPS) is 15.6. The summed E-state index contributed by atoms with van der Waals surface area (Å²) in [6, 6.07) is 8.58. The number of carbonyl (C=O) groups is 1. The fourth-order valence-corrected chi connectivity index (χ4v) is 4.87. The minimum absolute atomic E-state index is 0.0746. The van der Waals surface area contributed by atoms with Crippen LogP contribution in [0.15, 0.2) is 40.2 Å². The second-order valence-corrected chi connectivity index (χ2v) is 8.43. The summed E-state index contributed by atoms with van der Waals surface area (Å²) < 4.78 is 19.6. The van der Waals surface area contributed by atoms with Crippen LogP contribution in [0.1, 0.15) is 39.9 Å². The van der Waals surface area contributed by atoms with E-state index in [1.165, 1.54) is 17.0 Å². The van der Waals surface area contributed by atoms with Crippen LogP contribution in [-0.2, 0) is 0 Å². The molecule has 8 heteroatoms. The van der Waals surface area contributed by atoms with Crippen LogP contribution in [0.25, 0.3) is 11.3 Å². The van der Waals surface area contributed by atoms with Crippen molar-refractivity contribution in [3.8, 4) is 11.3 Å². The van der Waals surface area contributed by atoms with E-state index in [-0.39, 0.29) is 33.8 Å². The van der Waals surface area contributed by atoms with Gasteiger partial charge in [0, 0.05) is 11.4 Å². The van der Waals surface area contributed by atoms with Crippen molar-refractivity contribution < 1.29 is 13.7 Å². The van der Waals surface area contributed by atoms with Crippen molar-refractivity contribution >= 4 is 28.8 Å². The molecule has 1 amide bonds. The van der Waals surface area contributed by atoms with E-state index in [2.05, 4.69) is 21.4 Å². The zero-order valence-electron chi connectivity index (χ0n) is 16.0. The fourth-order valence-electron chi connectivity index (χ4n) is 3.76. The zero-order valence-corrected chi connectivity index (χ0v) is 17.5. The molecule has 0 saturated carbocycles. The highest BCUT2D eigenvalue weighted by molar-refractivity contribution is 7.10. The van der Waals surface area contributed by atoms with Crippen LogP contribution in [0.3, 0.4) is 0 Å². The Morgan fingerprint density at radius 3 is 2.83 bits per heavy atom. The summed E-state index contributed by atoms with van der Waals surface area (Å²) in [6.07, 6.45) is 2.33. The third-order valence-corrected chi connectivity index (χ3v) is 6.49. The second kappa shape index (κ2) is 8.65. The van der Waals surface area contributed by atoms with Crippen molar-refractivity contribution in [1.29, 1.82) is 0 Å². The van der Waals surface area contributed by atoms with Crippen LogP contribution in [0.2, 0.25) is 5.02 Å². The molecule has 2 aromatic heterocycles. The van der Waals surface area contributed by atoms with Crippen molar-refractivity contribution in [3.05, 3.63) is 62.8 Å². The van der Waals surface area contributed by atoms with Crippen LogP contribution in [0.4, 0.5) is 4.39 Å². The number of amides is 1. The number of carbonyl (C=O) groups excluding carboxylic acids is 1. The standard InChI is InChI=1S/C21H21ClFN3O2S/c1-13-18(20(25-28-13)19-14(22)6-4-7-15(19)23)21(27)24-12-16(17-8-5-11-29-17)26-9-2-3-10-26/h4-8,11,16H,2-3,9-10,12H2,1H3,(H,24,27)/t16-/m0/s1. The molecular formula is C21H21ClFN3O2S. The fraction of sp³-hybridized carbons (Fsp3) is 0.333. The van der Waals surface area contributed by atoms with Gasteiger partial charge in [0.05, 0.1) is 16.6 Å². The average Bonchev–Trinajstić information content (AvgIpc) is 3.44. The van der Waals surface area contributed by atoms with Gasteiger partial charge in [-0.2, -0.15) is 0 Å². The number of aryl methyl sites for hydroxylation is 1. The van der Waals surface area contributed by atoms with E-state index < -0.39 is 5.82 Å². The maximum atomic E-state index is 14.4. The number of hydrogen-bond donors (Lipinski definition) is 1. The van der Waals surface area contributed by atoms with Crippen LogP contribution in [-0.4, -0.2) is 35.6 Å². The summed E-state index contributed by atoms with van der Waals surface area (Å²) in [5.74, 6) is -0.571. The summed E-state index contributed by atoms with van der Waals surface area (Å²) in [5.41, 5.74) is 0.408. The van der Waals surface area contributed by atoms with Gasteiger partial charge in [-0.05, 0) is 56.4 Å². The molecule has 1 atom stereocenters. The number of nitrogens with one attached hydrogen (secondary N) is 1. The van der Waals surface area contributed by atoms with Crippen molar-refractivity contribution in [1.82, 2.24) is 15.4 Å².